The van der Waals surface area contributed by atoms with Crippen molar-refractivity contribution in [3.63, 3.8) is 0 Å². The van der Waals surface area contributed by atoms with Crippen molar-refractivity contribution in [1.82, 2.24) is 20.9 Å². The molecule has 3 heterocycles. The molecule has 1 unspecified atom stereocenters. The summed E-state index contributed by atoms with van der Waals surface area (Å²) in [5.74, 6) is -1.23. The molecule has 1 atom stereocenters. The molecule has 0 aromatic heterocycles. The Kier molecular flexibility index (Phi) is 5.94. The second kappa shape index (κ2) is 8.51. The Labute approximate surface area is 182 Å². The predicted octanol–water partition coefficient (Wildman–Crippen LogP) is 1.20. The van der Waals surface area contributed by atoms with Gasteiger partial charge in [-0.15, -0.1) is 0 Å². The largest absolute Gasteiger partial charge is 0.317 e. The first-order valence-corrected chi connectivity index (χ1v) is 11.0. The molecule has 0 bridgehead atoms. The van der Waals surface area contributed by atoms with Crippen molar-refractivity contribution in [1.29, 1.82) is 0 Å². The number of benzene rings is 1. The molecular formula is C23H30N4O4. The lowest BCUT2D eigenvalue weighted by Gasteiger charge is -2.37. The van der Waals surface area contributed by atoms with Crippen LogP contribution in [0.3, 0.4) is 0 Å². The molecule has 3 aliphatic rings. The van der Waals surface area contributed by atoms with Gasteiger partial charge in [0.1, 0.15) is 6.04 Å². The average Bonchev–Trinajstić information content (AvgIpc) is 2.99. The van der Waals surface area contributed by atoms with E-state index in [9.17, 15) is 19.2 Å². The van der Waals surface area contributed by atoms with Gasteiger partial charge in [0.15, 0.2) is 0 Å². The molecule has 31 heavy (non-hydrogen) atoms. The predicted molar refractivity (Wildman–Crippen MR) is 114 cm³/mol. The molecule has 8 heteroatoms. The van der Waals surface area contributed by atoms with Gasteiger partial charge in [-0.2, -0.15) is 0 Å². The van der Waals surface area contributed by atoms with Crippen LogP contribution in [0.25, 0.3) is 0 Å². The first kappa shape index (κ1) is 21.6. The number of amides is 4. The van der Waals surface area contributed by atoms with Crippen LogP contribution >= 0.6 is 0 Å². The van der Waals surface area contributed by atoms with Crippen LogP contribution in [0.5, 0.6) is 0 Å². The Hall–Kier alpha value is -2.58. The van der Waals surface area contributed by atoms with Gasteiger partial charge in [0.05, 0.1) is 11.1 Å². The van der Waals surface area contributed by atoms with E-state index in [1.165, 1.54) is 12.8 Å². The third-order valence-corrected chi connectivity index (χ3v) is 6.86. The van der Waals surface area contributed by atoms with Crippen LogP contribution in [0.1, 0.15) is 65.8 Å². The number of carbonyl (C=O) groups excluding carboxylic acids is 4. The summed E-state index contributed by atoms with van der Waals surface area (Å²) in [5, 5.41) is 9.13. The first-order chi connectivity index (χ1) is 14.8. The van der Waals surface area contributed by atoms with E-state index in [-0.39, 0.29) is 24.2 Å². The van der Waals surface area contributed by atoms with Gasteiger partial charge in [0, 0.05) is 19.5 Å². The molecule has 2 saturated heterocycles. The van der Waals surface area contributed by atoms with Crippen molar-refractivity contribution in [3.8, 4) is 0 Å². The highest BCUT2D eigenvalue weighted by molar-refractivity contribution is 6.23. The summed E-state index contributed by atoms with van der Waals surface area (Å²) in [4.78, 5) is 50.3. The maximum Gasteiger partial charge on any atom is 0.262 e. The van der Waals surface area contributed by atoms with Crippen molar-refractivity contribution >= 4 is 23.6 Å². The first-order valence-electron chi connectivity index (χ1n) is 11.0. The topological polar surface area (TPSA) is 108 Å². The Morgan fingerprint density at radius 2 is 1.74 bits per heavy atom. The fourth-order valence-electron chi connectivity index (χ4n) is 4.90. The quantitative estimate of drug-likeness (QED) is 0.590. The third-order valence-electron chi connectivity index (χ3n) is 6.86. The molecule has 1 aromatic carbocycles. The highest BCUT2D eigenvalue weighted by Crippen LogP contribution is 2.33. The van der Waals surface area contributed by atoms with Crippen LogP contribution in [0.15, 0.2) is 18.2 Å². The van der Waals surface area contributed by atoms with E-state index < -0.39 is 23.8 Å². The lowest BCUT2D eigenvalue weighted by Crippen LogP contribution is -2.54. The molecule has 0 spiro atoms. The van der Waals surface area contributed by atoms with Crippen molar-refractivity contribution in [3.05, 3.63) is 34.9 Å². The summed E-state index contributed by atoms with van der Waals surface area (Å²) < 4.78 is 0. The number of nitrogens with zero attached hydrogens (tertiary/aromatic N) is 1. The summed E-state index contributed by atoms with van der Waals surface area (Å²) in [7, 11) is 0. The lowest BCUT2D eigenvalue weighted by molar-refractivity contribution is -0.136. The Morgan fingerprint density at radius 1 is 1.03 bits per heavy atom. The zero-order valence-electron chi connectivity index (χ0n) is 18.1. The fraction of sp³-hybridized carbons (Fsp3) is 0.565. The number of imide groups is 2. The summed E-state index contributed by atoms with van der Waals surface area (Å²) in [6, 6.07) is 4.32. The molecule has 3 aliphatic heterocycles. The summed E-state index contributed by atoms with van der Waals surface area (Å²) in [6.45, 7) is 8.18. The van der Waals surface area contributed by atoms with Crippen LogP contribution in [0, 0.1) is 11.3 Å². The van der Waals surface area contributed by atoms with E-state index in [1.807, 2.05) is 6.07 Å². The van der Waals surface area contributed by atoms with Crippen molar-refractivity contribution in [2.45, 2.75) is 52.1 Å². The molecule has 0 aliphatic carbocycles. The van der Waals surface area contributed by atoms with Crippen molar-refractivity contribution in [2.75, 3.05) is 19.6 Å². The summed E-state index contributed by atoms with van der Waals surface area (Å²) >= 11 is 0. The van der Waals surface area contributed by atoms with Crippen LogP contribution in [-0.2, 0) is 16.1 Å². The van der Waals surface area contributed by atoms with Gasteiger partial charge in [-0.25, -0.2) is 0 Å². The number of hydrogen-bond donors (Lipinski definition) is 3. The minimum Gasteiger partial charge on any atom is -0.317 e. The minimum absolute atomic E-state index is 0.117. The number of nitrogens with one attached hydrogen (secondary N) is 3. The average molecular weight is 427 g/mol. The highest BCUT2D eigenvalue weighted by Gasteiger charge is 2.44. The van der Waals surface area contributed by atoms with Crippen LogP contribution in [-0.4, -0.2) is 54.2 Å². The normalized spacial score (nSPS) is 22.6. The van der Waals surface area contributed by atoms with Gasteiger partial charge in [-0.3, -0.25) is 29.4 Å². The molecule has 0 saturated carbocycles. The number of fused-ring (bicyclic) bond motifs is 1. The minimum atomic E-state index is -0.933. The number of carbonyl (C=O) groups is 4. The Balaban J connectivity index is 1.41. The van der Waals surface area contributed by atoms with Crippen LogP contribution in [0.2, 0.25) is 0 Å². The van der Waals surface area contributed by atoms with E-state index in [1.54, 1.807) is 12.1 Å². The second-order valence-electron chi connectivity index (χ2n) is 9.44. The van der Waals surface area contributed by atoms with Gasteiger partial charge in [0.25, 0.3) is 11.8 Å². The second-order valence-corrected chi connectivity index (χ2v) is 9.44. The van der Waals surface area contributed by atoms with E-state index in [2.05, 4.69) is 29.8 Å². The fourth-order valence-corrected chi connectivity index (χ4v) is 4.90. The van der Waals surface area contributed by atoms with Gasteiger partial charge in [0.2, 0.25) is 11.8 Å². The number of rotatable bonds is 6. The molecular weight excluding hydrogens is 396 g/mol. The molecule has 4 amide bonds. The number of piperidine rings is 2. The third kappa shape index (κ3) is 4.27. The standard InChI is InChI=1S/C23H30N4O4/c1-23(2,15-7-9-24-10-8-15)13-25-12-14-3-4-16-17(11-14)22(31)27(21(16)30)18-5-6-19(28)26-20(18)29/h3-4,11,15,18,24-25H,5-10,12-13H2,1-2H3,(H,26,28,29). The molecule has 0 radical (unpaired) electrons. The number of hydrogen-bond acceptors (Lipinski definition) is 6. The van der Waals surface area contributed by atoms with E-state index in [4.69, 9.17) is 0 Å². The maximum atomic E-state index is 12.9. The Bertz CT molecular complexity index is 920. The molecule has 166 valence electrons. The molecule has 1 aromatic rings. The summed E-state index contributed by atoms with van der Waals surface area (Å²) in [6.07, 6.45) is 2.64. The van der Waals surface area contributed by atoms with Crippen LogP contribution in [0.4, 0.5) is 0 Å². The zero-order valence-corrected chi connectivity index (χ0v) is 18.1. The maximum absolute atomic E-state index is 12.9. The van der Waals surface area contributed by atoms with Crippen LogP contribution < -0.4 is 16.0 Å². The van der Waals surface area contributed by atoms with Gasteiger partial charge >= 0.3 is 0 Å². The summed E-state index contributed by atoms with van der Waals surface area (Å²) in [5.41, 5.74) is 1.74. The lowest BCUT2D eigenvalue weighted by atomic mass is 9.74. The van der Waals surface area contributed by atoms with E-state index in [0.29, 0.717) is 23.6 Å². The van der Waals surface area contributed by atoms with Crippen molar-refractivity contribution < 1.29 is 19.2 Å². The smallest absolute Gasteiger partial charge is 0.262 e. The molecule has 4 rings (SSSR count). The van der Waals surface area contributed by atoms with Gasteiger partial charge in [-0.05, 0) is 61.4 Å². The Morgan fingerprint density at radius 3 is 2.45 bits per heavy atom. The molecule has 2 fully saturated rings. The van der Waals surface area contributed by atoms with Crippen molar-refractivity contribution in [2.24, 2.45) is 11.3 Å². The van der Waals surface area contributed by atoms with Gasteiger partial charge in [-0.1, -0.05) is 19.9 Å². The molecule has 8 nitrogen and oxygen atoms in total. The monoisotopic (exact) mass is 426 g/mol. The van der Waals surface area contributed by atoms with E-state index >= 15 is 0 Å². The highest BCUT2D eigenvalue weighted by atomic mass is 16.2. The van der Waals surface area contributed by atoms with E-state index in [0.717, 1.165) is 30.1 Å². The SMILES string of the molecule is CC(C)(CNCc1ccc2c(c1)C(=O)N(C1CCC(=O)NC1=O)C2=O)C1CCNCC1. The zero-order chi connectivity index (χ0) is 22.2. The van der Waals surface area contributed by atoms with Gasteiger partial charge < -0.3 is 10.6 Å². The molecule has 3 N–H and O–H groups in total.